The van der Waals surface area contributed by atoms with Crippen molar-refractivity contribution < 1.29 is 14.3 Å². The van der Waals surface area contributed by atoms with E-state index in [0.717, 1.165) is 11.4 Å². The number of ether oxygens (including phenoxy) is 2. The van der Waals surface area contributed by atoms with Crippen molar-refractivity contribution in [2.24, 2.45) is 0 Å². The first-order valence-electron chi connectivity index (χ1n) is 8.34. The molecule has 0 aliphatic carbocycles. The van der Waals surface area contributed by atoms with Gasteiger partial charge in [-0.2, -0.15) is 9.78 Å². The topological polar surface area (TPSA) is 91.2 Å². The predicted octanol–water partition coefficient (Wildman–Crippen LogP) is 2.86. The molecule has 0 unspecified atom stereocenters. The molecule has 2 heterocycles. The molecule has 1 N–H and O–H groups in total. The van der Waals surface area contributed by atoms with E-state index in [1.54, 1.807) is 36.1 Å². The number of aryl methyl sites for hydroxylation is 3. The summed E-state index contributed by atoms with van der Waals surface area (Å²) in [5.74, 6) is 2.43. The van der Waals surface area contributed by atoms with Gasteiger partial charge >= 0.3 is 0 Å². The number of anilines is 1. The van der Waals surface area contributed by atoms with E-state index in [-0.39, 0.29) is 5.91 Å². The van der Waals surface area contributed by atoms with Crippen LogP contribution in [0.5, 0.6) is 11.5 Å². The number of carbonyl (C=O) groups is 1. The summed E-state index contributed by atoms with van der Waals surface area (Å²) in [6, 6.07) is 8.61. The van der Waals surface area contributed by atoms with Gasteiger partial charge in [0.05, 0.1) is 25.5 Å². The molecule has 0 spiro atoms. The number of aromatic nitrogens is 4. The van der Waals surface area contributed by atoms with Gasteiger partial charge in [0, 0.05) is 23.9 Å². The predicted molar refractivity (Wildman–Crippen MR) is 101 cm³/mol. The van der Waals surface area contributed by atoms with Crippen molar-refractivity contribution >= 4 is 11.7 Å². The molecule has 0 fully saturated rings. The average Bonchev–Trinajstić information content (AvgIpc) is 3.00. The van der Waals surface area contributed by atoms with E-state index >= 15 is 0 Å². The van der Waals surface area contributed by atoms with Crippen LogP contribution in [0.2, 0.25) is 0 Å². The Hall–Kier alpha value is -3.42. The molecule has 0 atom stereocenters. The van der Waals surface area contributed by atoms with Gasteiger partial charge in [-0.3, -0.25) is 4.79 Å². The second-order valence-corrected chi connectivity index (χ2v) is 6.02. The molecule has 3 rings (SSSR count). The van der Waals surface area contributed by atoms with E-state index < -0.39 is 0 Å². The number of methoxy groups -OCH3 is 2. The number of carbonyl (C=O) groups excluding carboxylic acids is 1. The van der Waals surface area contributed by atoms with Crippen LogP contribution in [0.1, 0.15) is 27.6 Å². The zero-order valence-corrected chi connectivity index (χ0v) is 15.9. The lowest BCUT2D eigenvalue weighted by Crippen LogP contribution is -2.17. The fourth-order valence-electron chi connectivity index (χ4n) is 2.74. The van der Waals surface area contributed by atoms with E-state index in [2.05, 4.69) is 20.4 Å². The first-order chi connectivity index (χ1) is 12.9. The third-order valence-corrected chi connectivity index (χ3v) is 3.90. The molecule has 3 aromatic rings. The summed E-state index contributed by atoms with van der Waals surface area (Å²) in [6.45, 7) is 5.55. The van der Waals surface area contributed by atoms with Crippen molar-refractivity contribution in [2.45, 2.75) is 20.8 Å². The van der Waals surface area contributed by atoms with Gasteiger partial charge in [-0.15, -0.1) is 0 Å². The second-order valence-electron chi connectivity index (χ2n) is 6.02. The first-order valence-corrected chi connectivity index (χ1v) is 8.34. The van der Waals surface area contributed by atoms with Crippen molar-refractivity contribution in [3.8, 4) is 17.3 Å². The molecular formula is C19H21N5O3. The molecular weight excluding hydrogens is 346 g/mol. The Bertz CT molecular complexity index is 977. The van der Waals surface area contributed by atoms with Crippen molar-refractivity contribution in [3.05, 3.63) is 53.1 Å². The Morgan fingerprint density at radius 2 is 1.78 bits per heavy atom. The van der Waals surface area contributed by atoms with Gasteiger partial charge in [-0.05, 0) is 32.9 Å². The van der Waals surface area contributed by atoms with Gasteiger partial charge in [0.2, 0.25) is 0 Å². The van der Waals surface area contributed by atoms with Gasteiger partial charge in [0.15, 0.2) is 5.82 Å². The van der Waals surface area contributed by atoms with Crippen molar-refractivity contribution in [3.63, 3.8) is 0 Å². The van der Waals surface area contributed by atoms with Crippen LogP contribution in [0.25, 0.3) is 5.82 Å². The van der Waals surface area contributed by atoms with Crippen molar-refractivity contribution in [2.75, 3.05) is 19.5 Å². The van der Waals surface area contributed by atoms with E-state index in [1.165, 1.54) is 7.11 Å². The number of nitrogens with one attached hydrogen (secondary N) is 1. The lowest BCUT2D eigenvalue weighted by molar-refractivity contribution is 0.102. The normalized spacial score (nSPS) is 10.6. The molecule has 0 aliphatic rings. The molecule has 140 valence electrons. The van der Waals surface area contributed by atoms with Crippen LogP contribution in [0.3, 0.4) is 0 Å². The SMILES string of the molecule is COc1ccc(C(=O)Nc2cc(C)nn2-c2cc(C)nc(C)n2)c(OC)c1. The average molecular weight is 367 g/mol. The lowest BCUT2D eigenvalue weighted by atomic mass is 10.1. The van der Waals surface area contributed by atoms with Gasteiger partial charge < -0.3 is 14.8 Å². The van der Waals surface area contributed by atoms with Crippen LogP contribution in [-0.4, -0.2) is 39.9 Å². The minimum absolute atomic E-state index is 0.321. The van der Waals surface area contributed by atoms with Gasteiger partial charge in [0.25, 0.3) is 5.91 Å². The van der Waals surface area contributed by atoms with E-state index in [1.807, 2.05) is 26.8 Å². The Balaban J connectivity index is 1.96. The summed E-state index contributed by atoms with van der Waals surface area (Å²) in [4.78, 5) is 21.5. The minimum atomic E-state index is -0.321. The molecule has 8 nitrogen and oxygen atoms in total. The lowest BCUT2D eigenvalue weighted by Gasteiger charge is -2.12. The number of hydrogen-bond donors (Lipinski definition) is 1. The van der Waals surface area contributed by atoms with Crippen LogP contribution in [0.4, 0.5) is 5.82 Å². The molecule has 1 aromatic carbocycles. The van der Waals surface area contributed by atoms with E-state index in [0.29, 0.717) is 34.5 Å². The van der Waals surface area contributed by atoms with Gasteiger partial charge in [-0.25, -0.2) is 9.97 Å². The highest BCUT2D eigenvalue weighted by Crippen LogP contribution is 2.26. The summed E-state index contributed by atoms with van der Waals surface area (Å²) >= 11 is 0. The van der Waals surface area contributed by atoms with Crippen molar-refractivity contribution in [1.29, 1.82) is 0 Å². The third-order valence-electron chi connectivity index (χ3n) is 3.90. The maximum atomic E-state index is 12.8. The highest BCUT2D eigenvalue weighted by Gasteiger charge is 2.17. The molecule has 2 aromatic heterocycles. The Morgan fingerprint density at radius 3 is 2.44 bits per heavy atom. The van der Waals surface area contributed by atoms with Crippen LogP contribution < -0.4 is 14.8 Å². The Labute approximate surface area is 157 Å². The van der Waals surface area contributed by atoms with Crippen LogP contribution in [0, 0.1) is 20.8 Å². The molecule has 1 amide bonds. The van der Waals surface area contributed by atoms with Crippen LogP contribution >= 0.6 is 0 Å². The van der Waals surface area contributed by atoms with Crippen LogP contribution in [0.15, 0.2) is 30.3 Å². The van der Waals surface area contributed by atoms with Gasteiger partial charge in [-0.1, -0.05) is 0 Å². The largest absolute Gasteiger partial charge is 0.497 e. The van der Waals surface area contributed by atoms with Crippen molar-refractivity contribution in [1.82, 2.24) is 19.7 Å². The fourth-order valence-corrected chi connectivity index (χ4v) is 2.74. The standard InChI is InChI=1S/C19H21N5O3/c1-11-8-17(21-13(3)20-11)24-18(9-12(2)23-24)22-19(25)15-7-6-14(26-4)10-16(15)27-5/h6-10H,1-5H3,(H,22,25). The first kappa shape index (κ1) is 18.4. The quantitative estimate of drug-likeness (QED) is 0.746. The highest BCUT2D eigenvalue weighted by atomic mass is 16.5. The molecule has 0 saturated carbocycles. The summed E-state index contributed by atoms with van der Waals surface area (Å²) < 4.78 is 12.1. The van der Waals surface area contributed by atoms with E-state index in [4.69, 9.17) is 9.47 Å². The third kappa shape index (κ3) is 3.89. The molecule has 27 heavy (non-hydrogen) atoms. The summed E-state index contributed by atoms with van der Waals surface area (Å²) in [5, 5.41) is 7.32. The summed E-state index contributed by atoms with van der Waals surface area (Å²) in [5.41, 5.74) is 1.96. The highest BCUT2D eigenvalue weighted by molar-refractivity contribution is 6.06. The summed E-state index contributed by atoms with van der Waals surface area (Å²) in [6.07, 6.45) is 0. The maximum absolute atomic E-state index is 12.8. The molecule has 8 heteroatoms. The van der Waals surface area contributed by atoms with E-state index in [9.17, 15) is 4.79 Å². The molecule has 0 aliphatic heterocycles. The second kappa shape index (κ2) is 7.45. The number of benzene rings is 1. The molecule has 0 bridgehead atoms. The molecule has 0 saturated heterocycles. The zero-order valence-electron chi connectivity index (χ0n) is 15.9. The zero-order chi connectivity index (χ0) is 19.6. The van der Waals surface area contributed by atoms with Gasteiger partial charge in [0.1, 0.15) is 23.1 Å². The monoisotopic (exact) mass is 367 g/mol. The summed E-state index contributed by atoms with van der Waals surface area (Å²) in [7, 11) is 3.06. The Morgan fingerprint density at radius 1 is 1.00 bits per heavy atom. The minimum Gasteiger partial charge on any atom is -0.497 e. The maximum Gasteiger partial charge on any atom is 0.260 e. The number of hydrogen-bond acceptors (Lipinski definition) is 6. The smallest absolute Gasteiger partial charge is 0.260 e. The number of nitrogens with zero attached hydrogens (tertiary/aromatic N) is 4. The number of rotatable bonds is 5. The number of amides is 1. The molecule has 0 radical (unpaired) electrons. The Kier molecular flexibility index (Phi) is 5.07. The fraction of sp³-hybridized carbons (Fsp3) is 0.263. The van der Waals surface area contributed by atoms with Crippen LogP contribution in [-0.2, 0) is 0 Å².